The lowest BCUT2D eigenvalue weighted by atomic mass is 10.2. The minimum Gasteiger partial charge on any atom is -0.373 e. The Labute approximate surface area is 126 Å². The normalized spacial score (nSPS) is 24.3. The molecule has 21 heavy (non-hydrogen) atoms. The summed E-state index contributed by atoms with van der Waals surface area (Å²) in [6, 6.07) is 0. The SMILES string of the molecule is C[C@@H]1CN(CCN(C)c2nc(C(F)(F)F)cs2)C[C@H](C)O1. The molecule has 1 fully saturated rings. The zero-order valence-electron chi connectivity index (χ0n) is 12.4. The molecule has 0 amide bonds. The molecule has 0 saturated carbocycles. The number of thiazole rings is 1. The first-order chi connectivity index (χ1) is 9.75. The standard InChI is InChI=1S/C13H20F3N3OS/c1-9-6-19(7-10(2)20-9)5-4-18(3)12-17-11(8-21-12)13(14,15)16/h8-10H,4-7H2,1-3H3/t9-,10+. The average molecular weight is 323 g/mol. The number of aromatic nitrogens is 1. The Kier molecular flexibility index (Phi) is 5.11. The summed E-state index contributed by atoms with van der Waals surface area (Å²) in [7, 11) is 1.77. The Morgan fingerprint density at radius 1 is 1.38 bits per heavy atom. The van der Waals surface area contributed by atoms with Crippen molar-refractivity contribution in [3.8, 4) is 0 Å². The van der Waals surface area contributed by atoms with Gasteiger partial charge in [0.2, 0.25) is 0 Å². The van der Waals surface area contributed by atoms with Gasteiger partial charge in [0.1, 0.15) is 0 Å². The second kappa shape index (κ2) is 6.50. The lowest BCUT2D eigenvalue weighted by Gasteiger charge is -2.36. The van der Waals surface area contributed by atoms with Gasteiger partial charge in [0.05, 0.1) is 12.2 Å². The van der Waals surface area contributed by atoms with E-state index in [4.69, 9.17) is 4.74 Å². The third-order valence-electron chi connectivity index (χ3n) is 3.36. The van der Waals surface area contributed by atoms with Gasteiger partial charge in [0, 0.05) is 38.6 Å². The summed E-state index contributed by atoms with van der Waals surface area (Å²) in [6.45, 7) is 7.19. The summed E-state index contributed by atoms with van der Waals surface area (Å²) in [5.41, 5.74) is -0.817. The van der Waals surface area contributed by atoms with E-state index < -0.39 is 11.9 Å². The molecule has 1 aliphatic heterocycles. The maximum absolute atomic E-state index is 12.5. The first-order valence-electron chi connectivity index (χ1n) is 6.87. The summed E-state index contributed by atoms with van der Waals surface area (Å²) < 4.78 is 43.3. The Bertz CT molecular complexity index is 456. The number of halogens is 3. The molecule has 2 heterocycles. The van der Waals surface area contributed by atoms with Gasteiger partial charge in [0.25, 0.3) is 0 Å². The molecule has 2 atom stereocenters. The van der Waals surface area contributed by atoms with Crippen molar-refractivity contribution in [3.63, 3.8) is 0 Å². The highest BCUT2D eigenvalue weighted by Gasteiger charge is 2.34. The summed E-state index contributed by atoms with van der Waals surface area (Å²) in [4.78, 5) is 7.69. The van der Waals surface area contributed by atoms with Crippen LogP contribution < -0.4 is 4.90 Å². The number of ether oxygens (including phenoxy) is 1. The first kappa shape index (κ1) is 16.5. The van der Waals surface area contributed by atoms with E-state index in [0.29, 0.717) is 11.7 Å². The van der Waals surface area contributed by atoms with Gasteiger partial charge in [-0.2, -0.15) is 13.2 Å². The third kappa shape index (κ3) is 4.55. The predicted molar refractivity (Wildman–Crippen MR) is 76.8 cm³/mol. The van der Waals surface area contributed by atoms with Crippen molar-refractivity contribution in [3.05, 3.63) is 11.1 Å². The fourth-order valence-electron chi connectivity index (χ4n) is 2.42. The molecule has 0 radical (unpaired) electrons. The maximum Gasteiger partial charge on any atom is 0.434 e. The van der Waals surface area contributed by atoms with E-state index in [1.54, 1.807) is 11.9 Å². The molecule has 4 nitrogen and oxygen atoms in total. The van der Waals surface area contributed by atoms with Crippen LogP contribution in [0.4, 0.5) is 18.3 Å². The largest absolute Gasteiger partial charge is 0.434 e. The van der Waals surface area contributed by atoms with Crippen molar-refractivity contribution in [2.75, 3.05) is 38.1 Å². The zero-order chi connectivity index (χ0) is 15.6. The van der Waals surface area contributed by atoms with E-state index in [1.807, 2.05) is 13.8 Å². The molecule has 2 rings (SSSR count). The predicted octanol–water partition coefficient (Wildman–Crippen LogP) is 2.71. The lowest BCUT2D eigenvalue weighted by Crippen LogP contribution is -2.47. The van der Waals surface area contributed by atoms with Crippen LogP contribution in [0.25, 0.3) is 0 Å². The molecule has 8 heteroatoms. The van der Waals surface area contributed by atoms with Crippen LogP contribution in [0, 0.1) is 0 Å². The van der Waals surface area contributed by atoms with Crippen LogP contribution in [-0.2, 0) is 10.9 Å². The van der Waals surface area contributed by atoms with Gasteiger partial charge in [-0.1, -0.05) is 0 Å². The lowest BCUT2D eigenvalue weighted by molar-refractivity contribution is -0.140. The zero-order valence-corrected chi connectivity index (χ0v) is 13.2. The smallest absolute Gasteiger partial charge is 0.373 e. The van der Waals surface area contributed by atoms with Gasteiger partial charge in [-0.25, -0.2) is 4.98 Å². The Morgan fingerprint density at radius 2 is 2.00 bits per heavy atom. The number of rotatable bonds is 4. The second-order valence-electron chi connectivity index (χ2n) is 5.45. The van der Waals surface area contributed by atoms with E-state index in [0.717, 1.165) is 36.4 Å². The van der Waals surface area contributed by atoms with Crippen LogP contribution in [-0.4, -0.2) is 55.3 Å². The fourth-order valence-corrected chi connectivity index (χ4v) is 3.25. The number of anilines is 1. The summed E-state index contributed by atoms with van der Waals surface area (Å²) in [6.07, 6.45) is -3.99. The fraction of sp³-hybridized carbons (Fsp3) is 0.769. The molecule has 0 bridgehead atoms. The van der Waals surface area contributed by atoms with Crippen molar-refractivity contribution in [1.29, 1.82) is 0 Å². The van der Waals surface area contributed by atoms with Crippen molar-refractivity contribution >= 4 is 16.5 Å². The average Bonchev–Trinajstić information content (AvgIpc) is 2.84. The summed E-state index contributed by atoms with van der Waals surface area (Å²) >= 11 is 1.02. The number of alkyl halides is 3. The molecule has 0 unspecified atom stereocenters. The van der Waals surface area contributed by atoms with Crippen LogP contribution in [0.2, 0.25) is 0 Å². The first-order valence-corrected chi connectivity index (χ1v) is 7.75. The van der Waals surface area contributed by atoms with Gasteiger partial charge in [-0.3, -0.25) is 4.90 Å². The van der Waals surface area contributed by atoms with Crippen LogP contribution in [0.1, 0.15) is 19.5 Å². The highest BCUT2D eigenvalue weighted by atomic mass is 32.1. The molecule has 120 valence electrons. The minimum atomic E-state index is -4.37. The van der Waals surface area contributed by atoms with Gasteiger partial charge in [-0.15, -0.1) is 11.3 Å². The summed E-state index contributed by atoms with van der Waals surface area (Å²) in [5.74, 6) is 0. The number of morpholine rings is 1. The van der Waals surface area contributed by atoms with E-state index in [1.165, 1.54) is 0 Å². The number of hydrogen-bond acceptors (Lipinski definition) is 5. The van der Waals surface area contributed by atoms with Crippen LogP contribution in [0.15, 0.2) is 5.38 Å². The number of likely N-dealkylation sites (N-methyl/N-ethyl adjacent to an activating group) is 1. The molecule has 0 N–H and O–H groups in total. The van der Waals surface area contributed by atoms with Crippen molar-refractivity contribution in [2.45, 2.75) is 32.2 Å². The van der Waals surface area contributed by atoms with E-state index in [-0.39, 0.29) is 12.2 Å². The van der Waals surface area contributed by atoms with E-state index in [9.17, 15) is 13.2 Å². The van der Waals surface area contributed by atoms with Crippen LogP contribution in [0.3, 0.4) is 0 Å². The van der Waals surface area contributed by atoms with Crippen molar-refractivity contribution < 1.29 is 17.9 Å². The van der Waals surface area contributed by atoms with Crippen molar-refractivity contribution in [2.24, 2.45) is 0 Å². The topological polar surface area (TPSA) is 28.6 Å². The highest BCUT2D eigenvalue weighted by Crippen LogP contribution is 2.32. The number of hydrogen-bond donors (Lipinski definition) is 0. The molecular weight excluding hydrogens is 303 g/mol. The quantitative estimate of drug-likeness (QED) is 0.852. The minimum absolute atomic E-state index is 0.191. The Hall–Kier alpha value is -0.860. The second-order valence-corrected chi connectivity index (χ2v) is 6.29. The molecule has 1 aromatic rings. The van der Waals surface area contributed by atoms with Gasteiger partial charge < -0.3 is 9.64 Å². The van der Waals surface area contributed by atoms with Gasteiger partial charge in [-0.05, 0) is 13.8 Å². The Balaban J connectivity index is 1.87. The molecule has 1 aliphatic rings. The monoisotopic (exact) mass is 323 g/mol. The molecule has 1 saturated heterocycles. The van der Waals surface area contributed by atoms with Crippen LogP contribution >= 0.6 is 11.3 Å². The molecule has 1 aromatic heterocycles. The number of nitrogens with zero attached hydrogens (tertiary/aromatic N) is 3. The molecule has 0 aromatic carbocycles. The maximum atomic E-state index is 12.5. The Morgan fingerprint density at radius 3 is 2.52 bits per heavy atom. The summed E-state index contributed by atoms with van der Waals surface area (Å²) in [5, 5.41) is 1.46. The third-order valence-corrected chi connectivity index (χ3v) is 4.31. The van der Waals surface area contributed by atoms with Crippen LogP contribution in [0.5, 0.6) is 0 Å². The van der Waals surface area contributed by atoms with E-state index in [2.05, 4.69) is 9.88 Å². The molecule has 0 spiro atoms. The molecule has 0 aliphatic carbocycles. The van der Waals surface area contributed by atoms with Gasteiger partial charge >= 0.3 is 6.18 Å². The highest BCUT2D eigenvalue weighted by molar-refractivity contribution is 7.13. The van der Waals surface area contributed by atoms with Gasteiger partial charge in [0.15, 0.2) is 10.8 Å². The van der Waals surface area contributed by atoms with Crippen molar-refractivity contribution in [1.82, 2.24) is 9.88 Å². The molecular formula is C13H20F3N3OS. The van der Waals surface area contributed by atoms with E-state index >= 15 is 0 Å².